The summed E-state index contributed by atoms with van der Waals surface area (Å²) in [4.78, 5) is 12.6. The molecule has 0 radical (unpaired) electrons. The van der Waals surface area contributed by atoms with Crippen molar-refractivity contribution in [3.63, 3.8) is 0 Å². The quantitative estimate of drug-likeness (QED) is 0.378. The van der Waals surface area contributed by atoms with E-state index < -0.39 is 67.1 Å². The first-order valence-corrected chi connectivity index (χ1v) is 8.84. The van der Waals surface area contributed by atoms with Gasteiger partial charge in [-0.05, 0) is 6.92 Å². The number of ether oxygens (including phenoxy) is 5. The first-order valence-electron chi connectivity index (χ1n) is 8.84. The Balaban J connectivity index is 1.56. The Morgan fingerprint density at radius 3 is 2.59 bits per heavy atom. The molecule has 0 aromatic rings. The van der Waals surface area contributed by atoms with Gasteiger partial charge in [0.05, 0.1) is 31.3 Å². The van der Waals surface area contributed by atoms with Crippen LogP contribution in [-0.2, 0) is 28.5 Å². The van der Waals surface area contributed by atoms with Gasteiger partial charge in [-0.2, -0.15) is 0 Å². The van der Waals surface area contributed by atoms with Crippen LogP contribution in [0.5, 0.6) is 0 Å². The molecule has 0 spiro atoms. The number of methoxy groups -OCH3 is 1. The number of hydrogen-bond acceptors (Lipinski definition) is 10. The van der Waals surface area contributed by atoms with E-state index in [4.69, 9.17) is 23.7 Å². The molecule has 10 heteroatoms. The highest BCUT2D eigenvalue weighted by molar-refractivity contribution is 5.95. The van der Waals surface area contributed by atoms with E-state index in [0.29, 0.717) is 5.57 Å². The second-order valence-electron chi connectivity index (χ2n) is 7.55. The first kappa shape index (κ1) is 19.2. The van der Waals surface area contributed by atoms with Crippen LogP contribution >= 0.6 is 0 Å². The van der Waals surface area contributed by atoms with E-state index in [9.17, 15) is 25.2 Å². The fourth-order valence-electron chi connectivity index (χ4n) is 4.36. The minimum Gasteiger partial charge on any atom is -0.472 e. The minimum absolute atomic E-state index is 0.0727. The maximum absolute atomic E-state index is 12.6. The molecule has 10 atom stereocenters. The zero-order chi connectivity index (χ0) is 19.5. The van der Waals surface area contributed by atoms with Crippen molar-refractivity contribution in [3.05, 3.63) is 11.8 Å². The number of carbonyl (C=O) groups excluding carboxylic acids is 1. The number of hydrogen-bond donors (Lipinski definition) is 4. The van der Waals surface area contributed by atoms with E-state index in [2.05, 4.69) is 0 Å². The smallest absolute Gasteiger partial charge is 0.208 e. The zero-order valence-corrected chi connectivity index (χ0v) is 14.9. The van der Waals surface area contributed by atoms with Crippen LogP contribution in [0.2, 0.25) is 0 Å². The topological polar surface area (TPSA) is 147 Å². The summed E-state index contributed by atoms with van der Waals surface area (Å²) in [5.74, 6) is -1.06. The molecular weight excluding hydrogens is 364 g/mol. The van der Waals surface area contributed by atoms with Gasteiger partial charge in [-0.15, -0.1) is 0 Å². The number of ketones is 1. The lowest BCUT2D eigenvalue weighted by molar-refractivity contribution is -0.343. The second-order valence-corrected chi connectivity index (χ2v) is 7.55. The van der Waals surface area contributed by atoms with E-state index in [1.165, 1.54) is 13.4 Å². The van der Waals surface area contributed by atoms with E-state index in [1.807, 2.05) is 0 Å². The molecule has 1 aliphatic carbocycles. The molecular formula is C17H24O10. The Hall–Kier alpha value is -1.11. The number of aliphatic hydroxyl groups is 4. The number of Topliss-reactive ketones (excluding diaryl/α,β-unsaturated/α-hetero) is 1. The zero-order valence-electron chi connectivity index (χ0n) is 14.9. The van der Waals surface area contributed by atoms with E-state index in [-0.39, 0.29) is 12.4 Å². The molecule has 10 nitrogen and oxygen atoms in total. The summed E-state index contributed by atoms with van der Waals surface area (Å²) in [6.07, 6.45) is -7.20. The van der Waals surface area contributed by atoms with Gasteiger partial charge in [0.1, 0.15) is 36.1 Å². The lowest BCUT2D eigenvalue weighted by Gasteiger charge is -2.43. The molecule has 4 N–H and O–H groups in total. The number of rotatable bonds is 5. The largest absolute Gasteiger partial charge is 0.472 e. The maximum atomic E-state index is 12.6. The van der Waals surface area contributed by atoms with Crippen LogP contribution in [0.1, 0.15) is 6.92 Å². The number of fused-ring (bicyclic) bond motifs is 3. The molecule has 152 valence electrons. The van der Waals surface area contributed by atoms with Gasteiger partial charge >= 0.3 is 0 Å². The van der Waals surface area contributed by atoms with Crippen LogP contribution in [0.3, 0.4) is 0 Å². The normalized spacial score (nSPS) is 51.3. The van der Waals surface area contributed by atoms with Crippen molar-refractivity contribution in [1.29, 1.82) is 0 Å². The van der Waals surface area contributed by atoms with Gasteiger partial charge in [0.2, 0.25) is 6.29 Å². The molecule has 3 heterocycles. The molecule has 0 aromatic carbocycles. The minimum atomic E-state index is -1.56. The van der Waals surface area contributed by atoms with Gasteiger partial charge in [0.25, 0.3) is 0 Å². The Morgan fingerprint density at radius 1 is 1.19 bits per heavy atom. The highest BCUT2D eigenvalue weighted by Gasteiger charge is 2.75. The molecule has 4 aliphatic rings. The molecule has 0 unspecified atom stereocenters. The van der Waals surface area contributed by atoms with Gasteiger partial charge in [0, 0.05) is 12.7 Å². The Morgan fingerprint density at radius 2 is 1.93 bits per heavy atom. The van der Waals surface area contributed by atoms with Crippen molar-refractivity contribution in [3.8, 4) is 0 Å². The summed E-state index contributed by atoms with van der Waals surface area (Å²) in [7, 11) is 1.52. The van der Waals surface area contributed by atoms with Gasteiger partial charge < -0.3 is 44.1 Å². The summed E-state index contributed by atoms with van der Waals surface area (Å²) < 4.78 is 27.5. The molecule has 3 fully saturated rings. The standard InChI is InChI=1S/C17H24O10/c1-17-9-8(11(20)14(17)27-17)6(4-23-2)5-24-15(9)26-16-13(22)12(21)10(19)7(3-18)25-16/h5,7-10,12-16,18-19,21-22H,3-4H2,1-2H3/t7-,8-,9-,10+,12+,13-,14-,15-,16-,17+/m0/s1. The summed E-state index contributed by atoms with van der Waals surface area (Å²) in [5.41, 5.74) is -0.0773. The van der Waals surface area contributed by atoms with Crippen molar-refractivity contribution in [2.45, 2.75) is 55.6 Å². The monoisotopic (exact) mass is 388 g/mol. The van der Waals surface area contributed by atoms with Gasteiger partial charge in [-0.25, -0.2) is 0 Å². The van der Waals surface area contributed by atoms with E-state index in [1.54, 1.807) is 6.92 Å². The van der Waals surface area contributed by atoms with Crippen LogP contribution in [0.15, 0.2) is 11.8 Å². The molecule has 4 rings (SSSR count). The van der Waals surface area contributed by atoms with Crippen molar-refractivity contribution >= 4 is 5.78 Å². The summed E-state index contributed by atoms with van der Waals surface area (Å²) >= 11 is 0. The highest BCUT2D eigenvalue weighted by atomic mass is 16.8. The molecule has 0 bridgehead atoms. The van der Waals surface area contributed by atoms with Crippen molar-refractivity contribution in [2.75, 3.05) is 20.3 Å². The lowest BCUT2D eigenvalue weighted by Crippen LogP contribution is -2.60. The Kier molecular flexibility index (Phi) is 4.80. The number of aliphatic hydroxyl groups excluding tert-OH is 4. The fourth-order valence-corrected chi connectivity index (χ4v) is 4.36. The van der Waals surface area contributed by atoms with Gasteiger partial charge in [-0.1, -0.05) is 0 Å². The fraction of sp³-hybridized carbons (Fsp3) is 0.824. The SMILES string of the molecule is COCC1=CO[C@@H](O[C@@H]2O[C@@H](CO)[C@@H](O)[C@@H](O)[C@@H]2O)[C@@H]2[C@H]1C(=O)[C@@H]1O[C@]21C. The summed E-state index contributed by atoms with van der Waals surface area (Å²) in [5, 5.41) is 39.3. The third kappa shape index (κ3) is 2.83. The van der Waals surface area contributed by atoms with Crippen molar-refractivity contribution in [2.24, 2.45) is 11.8 Å². The molecule has 27 heavy (non-hydrogen) atoms. The Labute approximate surface area is 155 Å². The van der Waals surface area contributed by atoms with Gasteiger partial charge in [0.15, 0.2) is 12.1 Å². The first-order chi connectivity index (χ1) is 12.8. The maximum Gasteiger partial charge on any atom is 0.208 e. The highest BCUT2D eigenvalue weighted by Crippen LogP contribution is 2.59. The average molecular weight is 388 g/mol. The van der Waals surface area contributed by atoms with Crippen molar-refractivity contribution < 1.29 is 48.9 Å². The van der Waals surface area contributed by atoms with Crippen LogP contribution in [0, 0.1) is 11.8 Å². The third-order valence-corrected chi connectivity index (χ3v) is 5.90. The van der Waals surface area contributed by atoms with Crippen LogP contribution in [-0.4, -0.2) is 95.2 Å². The molecule has 3 aliphatic heterocycles. The Bertz CT molecular complexity index is 635. The molecule has 1 saturated carbocycles. The average Bonchev–Trinajstić information content (AvgIpc) is 3.29. The van der Waals surface area contributed by atoms with Crippen molar-refractivity contribution in [1.82, 2.24) is 0 Å². The van der Waals surface area contributed by atoms with E-state index in [0.717, 1.165) is 0 Å². The van der Waals surface area contributed by atoms with Crippen LogP contribution in [0.4, 0.5) is 0 Å². The predicted molar refractivity (Wildman–Crippen MR) is 84.9 cm³/mol. The van der Waals surface area contributed by atoms with Crippen LogP contribution < -0.4 is 0 Å². The number of epoxide rings is 1. The predicted octanol–water partition coefficient (Wildman–Crippen LogP) is -2.34. The number of carbonyl (C=O) groups is 1. The summed E-state index contributed by atoms with van der Waals surface area (Å²) in [6, 6.07) is 0. The second kappa shape index (κ2) is 6.75. The third-order valence-electron chi connectivity index (χ3n) is 5.90. The van der Waals surface area contributed by atoms with E-state index >= 15 is 0 Å². The molecule has 0 amide bonds. The van der Waals surface area contributed by atoms with Gasteiger partial charge in [-0.3, -0.25) is 4.79 Å². The summed E-state index contributed by atoms with van der Waals surface area (Å²) in [6.45, 7) is 1.45. The van der Waals surface area contributed by atoms with Crippen LogP contribution in [0.25, 0.3) is 0 Å². The molecule has 0 aromatic heterocycles. The lowest BCUT2D eigenvalue weighted by atomic mass is 9.82. The molecule has 2 saturated heterocycles.